The van der Waals surface area contributed by atoms with Gasteiger partial charge in [-0.15, -0.1) is 0 Å². The lowest BCUT2D eigenvalue weighted by atomic mass is 10.1. The van der Waals surface area contributed by atoms with Gasteiger partial charge in [-0.05, 0) is 12.0 Å². The molecule has 0 unspecified atom stereocenters. The van der Waals surface area contributed by atoms with Crippen LogP contribution in [-0.2, 0) is 24.3 Å². The topological polar surface area (TPSA) is 25.8 Å². The van der Waals surface area contributed by atoms with Gasteiger partial charge in [0.2, 0.25) is 0 Å². The van der Waals surface area contributed by atoms with Crippen molar-refractivity contribution in [3.05, 3.63) is 58.1 Å². The summed E-state index contributed by atoms with van der Waals surface area (Å²) in [6.07, 6.45) is 1.81. The summed E-state index contributed by atoms with van der Waals surface area (Å²) in [6, 6.07) is 10.4. The molecular formula is C14H13ClN2S. The molecule has 1 aliphatic heterocycles. The van der Waals surface area contributed by atoms with Gasteiger partial charge >= 0.3 is 0 Å². The number of thioether (sulfide) groups is 1. The van der Waals surface area contributed by atoms with Crippen molar-refractivity contribution >= 4 is 23.4 Å². The highest BCUT2D eigenvalue weighted by Gasteiger charge is 2.18. The SMILES string of the molecule is Clc1nc(CCc2ccccc2)nc2c1CSC2. The molecule has 2 nitrogen and oxygen atoms in total. The third-order valence-corrected chi connectivity index (χ3v) is 4.34. The van der Waals surface area contributed by atoms with E-state index in [9.17, 15) is 0 Å². The molecule has 1 aromatic carbocycles. The summed E-state index contributed by atoms with van der Waals surface area (Å²) in [5, 5.41) is 0.646. The molecule has 18 heavy (non-hydrogen) atoms. The van der Waals surface area contributed by atoms with E-state index < -0.39 is 0 Å². The van der Waals surface area contributed by atoms with Gasteiger partial charge in [0.25, 0.3) is 0 Å². The first-order valence-corrected chi connectivity index (χ1v) is 7.52. The third kappa shape index (κ3) is 2.52. The monoisotopic (exact) mass is 276 g/mol. The highest BCUT2D eigenvalue weighted by molar-refractivity contribution is 7.98. The molecule has 0 amide bonds. The highest BCUT2D eigenvalue weighted by atomic mass is 35.5. The number of aryl methyl sites for hydroxylation is 2. The maximum atomic E-state index is 6.19. The second kappa shape index (κ2) is 5.29. The van der Waals surface area contributed by atoms with Gasteiger partial charge in [0.15, 0.2) is 0 Å². The number of nitrogens with zero attached hydrogens (tertiary/aromatic N) is 2. The molecule has 0 bridgehead atoms. The Kier molecular flexibility index (Phi) is 3.52. The van der Waals surface area contributed by atoms with Gasteiger partial charge in [0, 0.05) is 23.5 Å². The van der Waals surface area contributed by atoms with Crippen molar-refractivity contribution in [3.63, 3.8) is 0 Å². The van der Waals surface area contributed by atoms with Crippen LogP contribution in [0.1, 0.15) is 22.6 Å². The first-order valence-electron chi connectivity index (χ1n) is 5.99. The Bertz CT molecular complexity index is 557. The Balaban J connectivity index is 1.76. The van der Waals surface area contributed by atoms with Crippen molar-refractivity contribution in [1.29, 1.82) is 0 Å². The molecule has 0 atom stereocenters. The Morgan fingerprint density at radius 2 is 1.89 bits per heavy atom. The molecule has 1 aliphatic rings. The summed E-state index contributed by atoms with van der Waals surface area (Å²) in [7, 11) is 0. The van der Waals surface area contributed by atoms with E-state index in [4.69, 9.17) is 11.6 Å². The van der Waals surface area contributed by atoms with Gasteiger partial charge in [-0.1, -0.05) is 41.9 Å². The zero-order valence-corrected chi connectivity index (χ0v) is 11.5. The summed E-state index contributed by atoms with van der Waals surface area (Å²) in [6.45, 7) is 0. The van der Waals surface area contributed by atoms with E-state index in [1.165, 1.54) is 5.56 Å². The number of rotatable bonds is 3. The van der Waals surface area contributed by atoms with Crippen LogP contribution < -0.4 is 0 Å². The summed E-state index contributed by atoms with van der Waals surface area (Å²) in [4.78, 5) is 9.01. The minimum absolute atomic E-state index is 0.646. The Morgan fingerprint density at radius 3 is 2.72 bits per heavy atom. The molecule has 0 N–H and O–H groups in total. The fourth-order valence-corrected chi connectivity index (χ4v) is 3.47. The normalized spacial score (nSPS) is 13.6. The molecule has 4 heteroatoms. The standard InChI is InChI=1S/C14H13ClN2S/c15-14-11-8-18-9-12(11)16-13(17-14)7-6-10-4-2-1-3-5-10/h1-5H,6-9H2. The first kappa shape index (κ1) is 12.0. The second-order valence-corrected chi connectivity index (χ2v) is 5.68. The molecular weight excluding hydrogens is 264 g/mol. The lowest BCUT2D eigenvalue weighted by Crippen LogP contribution is -2.03. The van der Waals surface area contributed by atoms with Crippen LogP contribution in [0.2, 0.25) is 5.15 Å². The van der Waals surface area contributed by atoms with Gasteiger partial charge in [0.1, 0.15) is 11.0 Å². The predicted octanol–water partition coefficient (Wildman–Crippen LogP) is 3.66. The average molecular weight is 277 g/mol. The van der Waals surface area contributed by atoms with Crippen LogP contribution in [0.15, 0.2) is 30.3 Å². The van der Waals surface area contributed by atoms with Gasteiger partial charge in [-0.3, -0.25) is 0 Å². The number of hydrogen-bond donors (Lipinski definition) is 0. The van der Waals surface area contributed by atoms with Crippen LogP contribution in [-0.4, -0.2) is 9.97 Å². The van der Waals surface area contributed by atoms with Gasteiger partial charge in [0.05, 0.1) is 5.69 Å². The van der Waals surface area contributed by atoms with E-state index in [1.807, 2.05) is 17.8 Å². The number of hydrogen-bond acceptors (Lipinski definition) is 3. The minimum Gasteiger partial charge on any atom is -0.237 e. The smallest absolute Gasteiger partial charge is 0.137 e. The number of fused-ring (bicyclic) bond motifs is 1. The zero-order valence-electron chi connectivity index (χ0n) is 9.90. The van der Waals surface area contributed by atoms with Gasteiger partial charge in [-0.25, -0.2) is 9.97 Å². The number of halogens is 1. The van der Waals surface area contributed by atoms with Crippen molar-refractivity contribution in [2.75, 3.05) is 0 Å². The van der Waals surface area contributed by atoms with Crippen LogP contribution in [0.4, 0.5) is 0 Å². The molecule has 2 aromatic rings. The van der Waals surface area contributed by atoms with E-state index in [2.05, 4.69) is 34.2 Å². The lowest BCUT2D eigenvalue weighted by Gasteiger charge is -2.05. The van der Waals surface area contributed by atoms with Crippen molar-refractivity contribution in [3.8, 4) is 0 Å². The fraction of sp³-hybridized carbons (Fsp3) is 0.286. The molecule has 0 radical (unpaired) electrons. The molecule has 92 valence electrons. The van der Waals surface area contributed by atoms with Crippen LogP contribution in [0.5, 0.6) is 0 Å². The summed E-state index contributed by atoms with van der Waals surface area (Å²) >= 11 is 8.05. The third-order valence-electron chi connectivity index (χ3n) is 3.05. The number of aromatic nitrogens is 2. The fourth-order valence-electron chi connectivity index (χ4n) is 2.07. The van der Waals surface area contributed by atoms with E-state index in [0.29, 0.717) is 5.15 Å². The van der Waals surface area contributed by atoms with Crippen molar-refractivity contribution < 1.29 is 0 Å². The highest BCUT2D eigenvalue weighted by Crippen LogP contribution is 2.32. The van der Waals surface area contributed by atoms with Crippen LogP contribution in [0.3, 0.4) is 0 Å². The Morgan fingerprint density at radius 1 is 1.06 bits per heavy atom. The minimum atomic E-state index is 0.646. The van der Waals surface area contributed by atoms with Gasteiger partial charge in [-0.2, -0.15) is 11.8 Å². The van der Waals surface area contributed by atoms with E-state index in [-0.39, 0.29) is 0 Å². The average Bonchev–Trinajstić information content (AvgIpc) is 2.86. The largest absolute Gasteiger partial charge is 0.237 e. The van der Waals surface area contributed by atoms with E-state index >= 15 is 0 Å². The Hall–Kier alpha value is -1.06. The molecule has 0 saturated heterocycles. The molecule has 0 spiro atoms. The second-order valence-electron chi connectivity index (χ2n) is 4.33. The van der Waals surface area contributed by atoms with Crippen molar-refractivity contribution in [1.82, 2.24) is 9.97 Å². The van der Waals surface area contributed by atoms with Crippen LogP contribution in [0, 0.1) is 0 Å². The first-order chi connectivity index (χ1) is 8.83. The zero-order chi connectivity index (χ0) is 12.4. The summed E-state index contributed by atoms with van der Waals surface area (Å²) < 4.78 is 0. The van der Waals surface area contributed by atoms with E-state index in [0.717, 1.165) is 41.4 Å². The van der Waals surface area contributed by atoms with Crippen molar-refractivity contribution in [2.45, 2.75) is 24.3 Å². The lowest BCUT2D eigenvalue weighted by molar-refractivity contribution is 0.840. The maximum Gasteiger partial charge on any atom is 0.137 e. The predicted molar refractivity (Wildman–Crippen MR) is 75.9 cm³/mol. The van der Waals surface area contributed by atoms with E-state index in [1.54, 1.807) is 0 Å². The number of benzene rings is 1. The molecule has 0 aliphatic carbocycles. The summed E-state index contributed by atoms with van der Waals surface area (Å²) in [5.74, 6) is 2.79. The molecule has 0 saturated carbocycles. The maximum absolute atomic E-state index is 6.19. The molecule has 0 fully saturated rings. The van der Waals surface area contributed by atoms with Crippen molar-refractivity contribution in [2.24, 2.45) is 0 Å². The molecule has 3 rings (SSSR count). The van der Waals surface area contributed by atoms with Crippen LogP contribution in [0.25, 0.3) is 0 Å². The quantitative estimate of drug-likeness (QED) is 0.800. The van der Waals surface area contributed by atoms with Gasteiger partial charge < -0.3 is 0 Å². The Labute approximate surface area is 116 Å². The summed E-state index contributed by atoms with van der Waals surface area (Å²) in [5.41, 5.74) is 3.57. The molecule has 2 heterocycles. The van der Waals surface area contributed by atoms with Crippen LogP contribution >= 0.6 is 23.4 Å². The molecule has 1 aromatic heterocycles.